The van der Waals surface area contributed by atoms with E-state index >= 15 is 0 Å². The lowest BCUT2D eigenvalue weighted by atomic mass is 10.1. The van der Waals surface area contributed by atoms with Gasteiger partial charge in [0.15, 0.2) is 5.82 Å². The minimum Gasteiger partial charge on any atom is -0.466 e. The molecule has 6 nitrogen and oxygen atoms in total. The van der Waals surface area contributed by atoms with Gasteiger partial charge in [-0.1, -0.05) is 5.16 Å². The van der Waals surface area contributed by atoms with E-state index in [1.54, 1.807) is 24.8 Å². The van der Waals surface area contributed by atoms with Crippen molar-refractivity contribution in [1.82, 2.24) is 15.0 Å². The minimum absolute atomic E-state index is 0.0206. The van der Waals surface area contributed by atoms with Crippen molar-refractivity contribution in [2.45, 2.75) is 32.4 Å². The van der Waals surface area contributed by atoms with Gasteiger partial charge in [-0.25, -0.2) is 0 Å². The molecule has 3 heterocycles. The Hall–Kier alpha value is -2.32. The first-order valence-electron chi connectivity index (χ1n) is 7.03. The lowest BCUT2D eigenvalue weighted by molar-refractivity contribution is -0.159. The molecule has 0 N–H and O–H groups in total. The maximum Gasteiger partial charge on any atom is 0.471 e. The molecule has 1 fully saturated rings. The number of carbonyl (C=O) groups excluding carboxylic acids is 1. The fraction of sp³-hybridized carbons (Fsp3) is 0.500. The van der Waals surface area contributed by atoms with Crippen LogP contribution < -0.4 is 0 Å². The molecule has 1 unspecified atom stereocenters. The molecule has 0 saturated carbocycles. The summed E-state index contributed by atoms with van der Waals surface area (Å²) in [7, 11) is 0. The van der Waals surface area contributed by atoms with Gasteiger partial charge in [0, 0.05) is 19.0 Å². The second-order valence-electron chi connectivity index (χ2n) is 5.52. The number of carbonyl (C=O) groups is 1. The Balaban J connectivity index is 1.72. The zero-order chi connectivity index (χ0) is 16.8. The first kappa shape index (κ1) is 15.6. The summed E-state index contributed by atoms with van der Waals surface area (Å²) >= 11 is 0. The van der Waals surface area contributed by atoms with Crippen LogP contribution in [0, 0.1) is 13.8 Å². The molecule has 9 heteroatoms. The first-order chi connectivity index (χ1) is 10.8. The summed E-state index contributed by atoms with van der Waals surface area (Å²) in [5.41, 5.74) is 0.465. The number of aryl methyl sites for hydroxylation is 2. The number of furan rings is 1. The van der Waals surface area contributed by atoms with Crippen molar-refractivity contribution in [3.8, 4) is 0 Å². The van der Waals surface area contributed by atoms with Crippen molar-refractivity contribution in [2.24, 2.45) is 0 Å². The molecule has 1 aliphatic rings. The Morgan fingerprint density at radius 1 is 1.39 bits per heavy atom. The smallest absolute Gasteiger partial charge is 0.466 e. The molecular formula is C14H14F3N3O3. The summed E-state index contributed by atoms with van der Waals surface area (Å²) in [6.07, 6.45) is -4.18. The second kappa shape index (κ2) is 5.39. The van der Waals surface area contributed by atoms with E-state index in [2.05, 4.69) is 14.7 Å². The van der Waals surface area contributed by atoms with Gasteiger partial charge in [-0.15, -0.1) is 0 Å². The third kappa shape index (κ3) is 2.95. The van der Waals surface area contributed by atoms with Crippen LogP contribution in [0.15, 0.2) is 15.0 Å². The van der Waals surface area contributed by atoms with Gasteiger partial charge in [0.25, 0.3) is 5.91 Å². The number of likely N-dealkylation sites (tertiary alicyclic amines) is 1. The third-order valence-corrected chi connectivity index (χ3v) is 3.80. The maximum absolute atomic E-state index is 12.5. The van der Waals surface area contributed by atoms with Gasteiger partial charge in [0.05, 0.1) is 5.56 Å². The van der Waals surface area contributed by atoms with Gasteiger partial charge in [0.2, 0.25) is 0 Å². The average Bonchev–Trinajstić information content (AvgIpc) is 3.14. The molecule has 124 valence electrons. The molecule has 2 aromatic heterocycles. The zero-order valence-electron chi connectivity index (χ0n) is 12.5. The van der Waals surface area contributed by atoms with Crippen molar-refractivity contribution in [1.29, 1.82) is 0 Å². The van der Waals surface area contributed by atoms with Crippen molar-refractivity contribution in [2.75, 3.05) is 13.1 Å². The van der Waals surface area contributed by atoms with Crippen LogP contribution in [0.3, 0.4) is 0 Å². The predicted molar refractivity (Wildman–Crippen MR) is 70.7 cm³/mol. The van der Waals surface area contributed by atoms with Crippen molar-refractivity contribution in [3.63, 3.8) is 0 Å². The first-order valence-corrected chi connectivity index (χ1v) is 7.03. The van der Waals surface area contributed by atoms with Gasteiger partial charge < -0.3 is 13.8 Å². The third-order valence-electron chi connectivity index (χ3n) is 3.80. The molecule has 1 saturated heterocycles. The maximum atomic E-state index is 12.5. The summed E-state index contributed by atoms with van der Waals surface area (Å²) < 4.78 is 47.0. The Labute approximate surface area is 129 Å². The van der Waals surface area contributed by atoms with Crippen molar-refractivity contribution >= 4 is 5.91 Å². The lowest BCUT2D eigenvalue weighted by Gasteiger charge is -2.15. The predicted octanol–water partition coefficient (Wildman–Crippen LogP) is 2.93. The molecule has 0 radical (unpaired) electrons. The monoisotopic (exact) mass is 329 g/mol. The van der Waals surface area contributed by atoms with E-state index in [-0.39, 0.29) is 24.2 Å². The highest BCUT2D eigenvalue weighted by molar-refractivity contribution is 5.95. The molecule has 0 aromatic carbocycles. The number of aromatic nitrogens is 2. The van der Waals surface area contributed by atoms with Gasteiger partial charge in [-0.05, 0) is 26.3 Å². The summed E-state index contributed by atoms with van der Waals surface area (Å²) in [6.45, 7) is 4.11. The van der Waals surface area contributed by atoms with Crippen LogP contribution >= 0.6 is 0 Å². The van der Waals surface area contributed by atoms with Gasteiger partial charge in [-0.3, -0.25) is 4.79 Å². The SMILES string of the molecule is Cc1cc(C(=O)N2CCC(c3noc(C(F)(F)F)n3)C2)c(C)o1. The molecule has 1 aliphatic heterocycles. The quantitative estimate of drug-likeness (QED) is 0.847. The molecular weight excluding hydrogens is 315 g/mol. The van der Waals surface area contributed by atoms with Crippen LogP contribution in [0.4, 0.5) is 13.2 Å². The van der Waals surface area contributed by atoms with Crippen LogP contribution in [0.5, 0.6) is 0 Å². The van der Waals surface area contributed by atoms with E-state index in [9.17, 15) is 18.0 Å². The Morgan fingerprint density at radius 2 is 2.13 bits per heavy atom. The number of alkyl halides is 3. The fourth-order valence-electron chi connectivity index (χ4n) is 2.68. The van der Waals surface area contributed by atoms with Crippen LogP contribution in [0.25, 0.3) is 0 Å². The van der Waals surface area contributed by atoms with Gasteiger partial charge >= 0.3 is 12.1 Å². The number of rotatable bonds is 2. The highest BCUT2D eigenvalue weighted by Gasteiger charge is 2.40. The number of halogens is 3. The number of hydrogen-bond donors (Lipinski definition) is 0. The van der Waals surface area contributed by atoms with Crippen LogP contribution in [0.1, 0.15) is 45.9 Å². The largest absolute Gasteiger partial charge is 0.471 e. The molecule has 23 heavy (non-hydrogen) atoms. The molecule has 0 aliphatic carbocycles. The Morgan fingerprint density at radius 3 is 2.70 bits per heavy atom. The van der Waals surface area contributed by atoms with Crippen LogP contribution in [-0.2, 0) is 6.18 Å². The van der Waals surface area contributed by atoms with Gasteiger partial charge in [0.1, 0.15) is 11.5 Å². The van der Waals surface area contributed by atoms with Gasteiger partial charge in [-0.2, -0.15) is 18.2 Å². The van der Waals surface area contributed by atoms with Crippen molar-refractivity contribution in [3.05, 3.63) is 34.9 Å². The van der Waals surface area contributed by atoms with E-state index in [0.717, 1.165) is 0 Å². The van der Waals surface area contributed by atoms with E-state index in [1.165, 1.54) is 0 Å². The molecule has 0 bridgehead atoms. The fourth-order valence-corrected chi connectivity index (χ4v) is 2.68. The highest BCUT2D eigenvalue weighted by Crippen LogP contribution is 2.31. The highest BCUT2D eigenvalue weighted by atomic mass is 19.4. The van der Waals surface area contributed by atoms with Crippen LogP contribution in [0.2, 0.25) is 0 Å². The summed E-state index contributed by atoms with van der Waals surface area (Å²) in [5, 5.41) is 3.39. The molecule has 1 atom stereocenters. The minimum atomic E-state index is -4.66. The van der Waals surface area contributed by atoms with Crippen LogP contribution in [-0.4, -0.2) is 34.0 Å². The summed E-state index contributed by atoms with van der Waals surface area (Å²) in [6, 6.07) is 1.65. The molecule has 2 aromatic rings. The molecule has 3 rings (SSSR count). The van der Waals surface area contributed by atoms with E-state index < -0.39 is 12.1 Å². The topological polar surface area (TPSA) is 72.4 Å². The summed E-state index contributed by atoms with van der Waals surface area (Å²) in [4.78, 5) is 17.4. The van der Waals surface area contributed by atoms with E-state index in [4.69, 9.17) is 4.42 Å². The average molecular weight is 329 g/mol. The van der Waals surface area contributed by atoms with Crippen molar-refractivity contribution < 1.29 is 26.9 Å². The Kier molecular flexibility index (Phi) is 3.65. The zero-order valence-corrected chi connectivity index (χ0v) is 12.5. The van der Waals surface area contributed by atoms with E-state index in [0.29, 0.717) is 30.0 Å². The normalized spacial score (nSPS) is 18.7. The number of nitrogens with zero attached hydrogens (tertiary/aromatic N) is 3. The molecule has 0 spiro atoms. The lowest BCUT2D eigenvalue weighted by Crippen LogP contribution is -2.28. The number of amides is 1. The molecule has 1 amide bonds. The number of hydrogen-bond acceptors (Lipinski definition) is 5. The standard InChI is InChI=1S/C14H14F3N3O3/c1-7-5-10(8(2)22-7)12(21)20-4-3-9(6-20)11-18-13(23-19-11)14(15,16)17/h5,9H,3-4,6H2,1-2H3. The Bertz CT molecular complexity index is 735. The summed E-state index contributed by atoms with van der Waals surface area (Å²) in [5.74, 6) is -0.802. The van der Waals surface area contributed by atoms with E-state index in [1.807, 2.05) is 0 Å². The second-order valence-corrected chi connectivity index (χ2v) is 5.52.